The maximum atomic E-state index is 12.1. The predicted molar refractivity (Wildman–Crippen MR) is 70.2 cm³/mol. The Morgan fingerprint density at radius 1 is 1.65 bits per heavy atom. The van der Waals surface area contributed by atoms with Crippen LogP contribution in [0, 0.1) is 23.2 Å². The van der Waals surface area contributed by atoms with Gasteiger partial charge in [0.15, 0.2) is 0 Å². The summed E-state index contributed by atoms with van der Waals surface area (Å²) in [6.07, 6.45) is 1.61. The average Bonchev–Trinajstić information content (AvgIpc) is 2.26. The third-order valence-electron chi connectivity index (χ3n) is 3.32. The number of rotatable bonds is 2. The van der Waals surface area contributed by atoms with Crippen LogP contribution in [0.1, 0.15) is 13.8 Å². The molecule has 1 heterocycles. The highest BCUT2D eigenvalue weighted by Crippen LogP contribution is 2.25. The number of nitrogens with two attached hydrogens (primary N) is 1. The van der Waals surface area contributed by atoms with E-state index in [4.69, 9.17) is 23.2 Å². The molecule has 0 amide bonds. The molecule has 4 nitrogen and oxygen atoms in total. The molecule has 0 aliphatic carbocycles. The van der Waals surface area contributed by atoms with Gasteiger partial charge in [-0.2, -0.15) is 5.26 Å². The molecule has 0 spiro atoms. The first-order chi connectivity index (χ1) is 7.88. The predicted octanol–water partition coefficient (Wildman–Crippen LogP) is 0.878. The fourth-order valence-electron chi connectivity index (χ4n) is 2.10. The number of carbonyl (C=O) groups is 1. The molecular weight excluding hydrogens is 234 g/mol. The third-order valence-corrected chi connectivity index (χ3v) is 3.54. The molecule has 1 fully saturated rings. The number of carbonyl (C=O) groups excluding carboxylic acids is 1. The van der Waals surface area contributed by atoms with Crippen LogP contribution in [0.5, 0.6) is 0 Å². The lowest BCUT2D eigenvalue weighted by molar-refractivity contribution is -0.130. The Kier molecular flexibility index (Phi) is 4.38. The van der Waals surface area contributed by atoms with Gasteiger partial charge in [-0.05, 0) is 14.0 Å². The summed E-state index contributed by atoms with van der Waals surface area (Å²) in [5.41, 5.74) is 5.67. The van der Waals surface area contributed by atoms with Gasteiger partial charge in [-0.1, -0.05) is 25.2 Å². The van der Waals surface area contributed by atoms with Crippen molar-refractivity contribution in [3.05, 3.63) is 11.6 Å². The van der Waals surface area contributed by atoms with E-state index in [1.807, 2.05) is 27.0 Å². The quantitative estimate of drug-likeness (QED) is 0.448. The molecule has 1 aliphatic rings. The minimum atomic E-state index is -0.306. The van der Waals surface area contributed by atoms with Crippen LogP contribution in [0.3, 0.4) is 0 Å². The van der Waals surface area contributed by atoms with E-state index in [1.165, 1.54) is 0 Å². The van der Waals surface area contributed by atoms with E-state index in [9.17, 15) is 4.79 Å². The van der Waals surface area contributed by atoms with Gasteiger partial charge in [-0.25, -0.2) is 0 Å². The maximum absolute atomic E-state index is 12.1. The summed E-state index contributed by atoms with van der Waals surface area (Å²) in [6, 6.07) is 2.01. The van der Waals surface area contributed by atoms with Crippen LogP contribution in [0.4, 0.5) is 0 Å². The summed E-state index contributed by atoms with van der Waals surface area (Å²) in [5.74, 6) is -0.178. The number of hydrogen-bond acceptors (Lipinski definition) is 4. The normalized spacial score (nSPS) is 31.1. The van der Waals surface area contributed by atoms with E-state index >= 15 is 0 Å². The molecule has 0 bridgehead atoms. The minimum absolute atomic E-state index is 0.0243. The zero-order valence-corrected chi connectivity index (χ0v) is 11.1. The fourth-order valence-corrected chi connectivity index (χ4v) is 2.22. The largest absolute Gasteiger partial charge is 0.389 e. The Hall–Kier alpha value is -1.25. The molecule has 92 valence electrons. The second-order valence-electron chi connectivity index (χ2n) is 4.57. The summed E-state index contributed by atoms with van der Waals surface area (Å²) in [6.45, 7) is 4.62. The van der Waals surface area contributed by atoms with Crippen molar-refractivity contribution in [3.8, 4) is 6.07 Å². The van der Waals surface area contributed by atoms with Crippen molar-refractivity contribution in [2.45, 2.75) is 19.9 Å². The highest BCUT2D eigenvalue weighted by molar-refractivity contribution is 7.80. The monoisotopic (exact) mass is 251 g/mol. The number of nitrogens with zero attached hydrogens (tertiary/aromatic N) is 2. The van der Waals surface area contributed by atoms with Crippen molar-refractivity contribution < 1.29 is 4.79 Å². The molecule has 0 unspecified atom stereocenters. The molecule has 5 heteroatoms. The molecule has 0 radical (unpaired) electrons. The Bertz CT molecular complexity index is 410. The second-order valence-corrected chi connectivity index (χ2v) is 5.01. The van der Waals surface area contributed by atoms with Crippen molar-refractivity contribution in [3.63, 3.8) is 0 Å². The molecule has 3 atom stereocenters. The van der Waals surface area contributed by atoms with Crippen LogP contribution >= 0.6 is 12.2 Å². The van der Waals surface area contributed by atoms with E-state index in [1.54, 1.807) is 6.08 Å². The number of ketones is 1. The highest BCUT2D eigenvalue weighted by atomic mass is 32.1. The van der Waals surface area contributed by atoms with Crippen molar-refractivity contribution >= 4 is 23.0 Å². The van der Waals surface area contributed by atoms with Crippen LogP contribution in [0.25, 0.3) is 0 Å². The lowest BCUT2D eigenvalue weighted by Gasteiger charge is -2.37. The van der Waals surface area contributed by atoms with Gasteiger partial charge in [0.2, 0.25) is 0 Å². The number of piperidine rings is 1. The number of nitriles is 1. The lowest BCUT2D eigenvalue weighted by Crippen LogP contribution is -2.49. The molecule has 0 aromatic heterocycles. The van der Waals surface area contributed by atoms with Crippen LogP contribution in [-0.4, -0.2) is 35.3 Å². The van der Waals surface area contributed by atoms with Gasteiger partial charge in [0.05, 0.1) is 11.5 Å². The average molecular weight is 251 g/mol. The molecule has 1 rings (SSSR count). The number of Topliss-reactive ketones (excluding diaryl/α,β-unsaturated/α-hetero) is 1. The Morgan fingerprint density at radius 3 is 2.71 bits per heavy atom. The molecule has 2 N–H and O–H groups in total. The standard InChI is InChI=1S/C12H17N3OS/c1-7-6-15(3)8(2)10(11(7)16)4-9(5-13)12(14)17/h4,7-8,10H,6H2,1-3H3,(H2,14,17)/b9-4+/t7-,8-,10+/m0/s1. The molecule has 0 saturated carbocycles. The SMILES string of the molecule is C[C@H]1CN(C)[C@@H](C)[C@@H](/C=C(\C#N)C(N)=S)C1=O. The molecular formula is C12H17N3OS. The van der Waals surface area contributed by atoms with E-state index in [-0.39, 0.29) is 34.2 Å². The van der Waals surface area contributed by atoms with Gasteiger partial charge in [0, 0.05) is 18.5 Å². The second kappa shape index (κ2) is 5.39. The summed E-state index contributed by atoms with van der Waals surface area (Å²) in [4.78, 5) is 14.3. The Balaban J connectivity index is 3.05. The zero-order chi connectivity index (χ0) is 13.2. The topological polar surface area (TPSA) is 70.1 Å². The van der Waals surface area contributed by atoms with E-state index < -0.39 is 0 Å². The Labute approximate surface area is 107 Å². The van der Waals surface area contributed by atoms with Gasteiger partial charge in [0.1, 0.15) is 16.8 Å². The summed E-state index contributed by atoms with van der Waals surface area (Å²) < 4.78 is 0. The van der Waals surface area contributed by atoms with Crippen LogP contribution in [0.2, 0.25) is 0 Å². The lowest BCUT2D eigenvalue weighted by atomic mass is 9.82. The van der Waals surface area contributed by atoms with Crippen LogP contribution in [0.15, 0.2) is 11.6 Å². The summed E-state index contributed by atoms with van der Waals surface area (Å²) >= 11 is 4.78. The highest BCUT2D eigenvalue weighted by Gasteiger charge is 2.35. The van der Waals surface area contributed by atoms with Gasteiger partial charge < -0.3 is 10.6 Å². The van der Waals surface area contributed by atoms with Gasteiger partial charge in [0.25, 0.3) is 0 Å². The molecule has 0 aromatic rings. The van der Waals surface area contributed by atoms with Crippen LogP contribution < -0.4 is 5.73 Å². The zero-order valence-electron chi connectivity index (χ0n) is 10.3. The first kappa shape index (κ1) is 13.8. The van der Waals surface area contributed by atoms with E-state index in [0.29, 0.717) is 0 Å². The van der Waals surface area contributed by atoms with Crippen LogP contribution in [-0.2, 0) is 4.79 Å². The van der Waals surface area contributed by atoms with E-state index in [2.05, 4.69) is 4.90 Å². The van der Waals surface area contributed by atoms with Crippen molar-refractivity contribution in [1.29, 1.82) is 5.26 Å². The first-order valence-electron chi connectivity index (χ1n) is 5.54. The fraction of sp³-hybridized carbons (Fsp3) is 0.583. The van der Waals surface area contributed by atoms with Gasteiger partial charge in [-0.15, -0.1) is 0 Å². The van der Waals surface area contributed by atoms with Crippen molar-refractivity contribution in [1.82, 2.24) is 4.90 Å². The van der Waals surface area contributed by atoms with Crippen molar-refractivity contribution in [2.75, 3.05) is 13.6 Å². The number of hydrogen-bond donors (Lipinski definition) is 1. The smallest absolute Gasteiger partial charge is 0.145 e. The number of thiocarbonyl (C=S) groups is 1. The summed E-state index contributed by atoms with van der Waals surface area (Å²) in [5, 5.41) is 8.92. The molecule has 1 aliphatic heterocycles. The third kappa shape index (κ3) is 2.90. The number of likely N-dealkylation sites (tertiary alicyclic amines) is 1. The molecule has 1 saturated heterocycles. The Morgan fingerprint density at radius 2 is 2.24 bits per heavy atom. The van der Waals surface area contributed by atoms with Crippen molar-refractivity contribution in [2.24, 2.45) is 17.6 Å². The minimum Gasteiger partial charge on any atom is -0.389 e. The molecule has 0 aromatic carbocycles. The van der Waals surface area contributed by atoms with Gasteiger partial charge >= 0.3 is 0 Å². The van der Waals surface area contributed by atoms with Gasteiger partial charge in [-0.3, -0.25) is 4.79 Å². The maximum Gasteiger partial charge on any atom is 0.145 e. The summed E-state index contributed by atoms with van der Waals surface area (Å²) in [7, 11) is 1.97. The molecule has 17 heavy (non-hydrogen) atoms. The first-order valence-corrected chi connectivity index (χ1v) is 5.95. The van der Waals surface area contributed by atoms with E-state index in [0.717, 1.165) is 6.54 Å².